The summed E-state index contributed by atoms with van der Waals surface area (Å²) in [6.45, 7) is 0. The first-order valence-electron chi connectivity index (χ1n) is 8.58. The zero-order valence-corrected chi connectivity index (χ0v) is 15.4. The van der Waals surface area contributed by atoms with Gasteiger partial charge in [0.25, 0.3) is 10.0 Å². The van der Waals surface area contributed by atoms with Crippen LogP contribution in [0.25, 0.3) is 0 Å². The van der Waals surface area contributed by atoms with Crippen LogP contribution in [0.4, 0.5) is 11.4 Å². The molecule has 136 valence electrons. The summed E-state index contributed by atoms with van der Waals surface area (Å²) >= 11 is 0. The maximum Gasteiger partial charge on any atom is 0.264 e. The lowest BCUT2D eigenvalue weighted by atomic mass is 9.93. The van der Waals surface area contributed by atoms with Gasteiger partial charge in [0.15, 0.2) is 0 Å². The van der Waals surface area contributed by atoms with Crippen molar-refractivity contribution in [3.63, 3.8) is 0 Å². The molecule has 2 aromatic carbocycles. The van der Waals surface area contributed by atoms with Crippen molar-refractivity contribution >= 4 is 27.3 Å². The number of para-hydroxylation sites is 1. The van der Waals surface area contributed by atoms with E-state index in [2.05, 4.69) is 11.4 Å². The molecule has 0 radical (unpaired) electrons. The molecule has 1 N–H and O–H groups in total. The lowest BCUT2D eigenvalue weighted by Gasteiger charge is -2.20. The summed E-state index contributed by atoms with van der Waals surface area (Å²) in [5.41, 5.74) is 1.07. The van der Waals surface area contributed by atoms with Crippen LogP contribution in [0.3, 0.4) is 0 Å². The van der Waals surface area contributed by atoms with Crippen molar-refractivity contribution in [3.05, 3.63) is 66.7 Å². The minimum absolute atomic E-state index is 0.0627. The molecule has 1 aliphatic rings. The highest BCUT2D eigenvalue weighted by atomic mass is 32.2. The van der Waals surface area contributed by atoms with Gasteiger partial charge in [-0.2, -0.15) is 0 Å². The van der Waals surface area contributed by atoms with Crippen molar-refractivity contribution in [3.8, 4) is 0 Å². The van der Waals surface area contributed by atoms with Gasteiger partial charge < -0.3 is 5.32 Å². The summed E-state index contributed by atoms with van der Waals surface area (Å²) in [6.07, 6.45) is 6.53. The van der Waals surface area contributed by atoms with Crippen molar-refractivity contribution < 1.29 is 13.2 Å². The third kappa shape index (κ3) is 3.96. The molecule has 3 rings (SSSR count). The number of sulfonamides is 1. The van der Waals surface area contributed by atoms with Crippen LogP contribution in [0.15, 0.2) is 71.6 Å². The maximum atomic E-state index is 12.9. The molecule has 0 heterocycles. The van der Waals surface area contributed by atoms with Gasteiger partial charge in [0.2, 0.25) is 5.91 Å². The van der Waals surface area contributed by atoms with E-state index in [0.717, 1.165) is 19.3 Å². The molecule has 6 heteroatoms. The number of hydrogen-bond acceptors (Lipinski definition) is 3. The number of amides is 1. The van der Waals surface area contributed by atoms with Crippen LogP contribution in [0.1, 0.15) is 19.3 Å². The van der Waals surface area contributed by atoms with E-state index in [9.17, 15) is 13.2 Å². The quantitative estimate of drug-likeness (QED) is 0.814. The number of anilines is 2. The minimum Gasteiger partial charge on any atom is -0.326 e. The molecular formula is C20H22N2O3S. The van der Waals surface area contributed by atoms with E-state index < -0.39 is 10.0 Å². The number of allylic oxidation sites excluding steroid dienone is 2. The Kier molecular flexibility index (Phi) is 5.42. The number of carbonyl (C=O) groups is 1. The molecule has 0 saturated carbocycles. The SMILES string of the molecule is CN(c1ccccc1)S(=O)(=O)c1cccc(NC(=O)C2CC=CCC2)c1. The van der Waals surface area contributed by atoms with Crippen molar-refractivity contribution in [1.82, 2.24) is 0 Å². The van der Waals surface area contributed by atoms with E-state index in [-0.39, 0.29) is 16.7 Å². The predicted molar refractivity (Wildman–Crippen MR) is 104 cm³/mol. The number of nitrogens with zero attached hydrogens (tertiary/aromatic N) is 1. The van der Waals surface area contributed by atoms with E-state index in [1.54, 1.807) is 36.4 Å². The fourth-order valence-corrected chi connectivity index (χ4v) is 4.19. The number of nitrogens with one attached hydrogen (secondary N) is 1. The Morgan fingerprint density at radius 3 is 2.54 bits per heavy atom. The molecule has 0 spiro atoms. The largest absolute Gasteiger partial charge is 0.326 e. The second-order valence-corrected chi connectivity index (χ2v) is 8.28. The Hall–Kier alpha value is -2.60. The van der Waals surface area contributed by atoms with Crippen molar-refractivity contribution in [1.29, 1.82) is 0 Å². The molecule has 1 aliphatic carbocycles. The number of hydrogen-bond donors (Lipinski definition) is 1. The number of rotatable bonds is 5. The summed E-state index contributed by atoms with van der Waals surface area (Å²) in [5, 5.41) is 2.85. The lowest BCUT2D eigenvalue weighted by molar-refractivity contribution is -0.120. The van der Waals surface area contributed by atoms with Crippen LogP contribution in [0.2, 0.25) is 0 Å². The molecule has 0 saturated heterocycles. The molecular weight excluding hydrogens is 348 g/mol. The molecule has 0 aliphatic heterocycles. The Bertz CT molecular complexity index is 908. The monoisotopic (exact) mass is 370 g/mol. The molecule has 1 amide bonds. The van der Waals surface area contributed by atoms with Crippen LogP contribution in [-0.4, -0.2) is 21.4 Å². The fourth-order valence-electron chi connectivity index (χ4n) is 2.95. The molecule has 0 bridgehead atoms. The van der Waals surface area contributed by atoms with Crippen LogP contribution >= 0.6 is 0 Å². The zero-order valence-electron chi connectivity index (χ0n) is 14.6. The standard InChI is InChI=1S/C20H22N2O3S/c1-22(18-12-6-3-7-13-18)26(24,25)19-14-8-11-17(15-19)21-20(23)16-9-4-2-5-10-16/h2-4,6-8,11-16H,5,9-10H2,1H3,(H,21,23). The zero-order chi connectivity index (χ0) is 18.6. The van der Waals surface area contributed by atoms with Crippen LogP contribution in [-0.2, 0) is 14.8 Å². The van der Waals surface area contributed by atoms with Gasteiger partial charge in [-0.3, -0.25) is 9.10 Å². The van der Waals surface area contributed by atoms with Gasteiger partial charge >= 0.3 is 0 Å². The minimum atomic E-state index is -3.70. The average molecular weight is 370 g/mol. The summed E-state index contributed by atoms with van der Waals surface area (Å²) in [4.78, 5) is 12.5. The van der Waals surface area contributed by atoms with E-state index in [4.69, 9.17) is 0 Å². The first kappa shape index (κ1) is 18.2. The lowest BCUT2D eigenvalue weighted by Crippen LogP contribution is -2.27. The van der Waals surface area contributed by atoms with Crippen molar-refractivity contribution in [2.24, 2.45) is 5.92 Å². The number of carbonyl (C=O) groups excluding carboxylic acids is 1. The third-order valence-electron chi connectivity index (χ3n) is 4.52. The molecule has 26 heavy (non-hydrogen) atoms. The van der Waals surface area contributed by atoms with E-state index in [1.165, 1.54) is 23.5 Å². The second kappa shape index (κ2) is 7.74. The average Bonchev–Trinajstić information content (AvgIpc) is 2.69. The van der Waals surface area contributed by atoms with Gasteiger partial charge in [0.05, 0.1) is 10.6 Å². The Labute approximate surface area is 154 Å². The van der Waals surface area contributed by atoms with E-state index in [1.807, 2.05) is 12.1 Å². The van der Waals surface area contributed by atoms with Crippen molar-refractivity contribution in [2.75, 3.05) is 16.7 Å². The normalized spacial score (nSPS) is 16.9. The van der Waals surface area contributed by atoms with Crippen molar-refractivity contribution in [2.45, 2.75) is 24.2 Å². The Morgan fingerprint density at radius 2 is 1.85 bits per heavy atom. The topological polar surface area (TPSA) is 66.5 Å². The predicted octanol–water partition coefficient (Wildman–Crippen LogP) is 3.81. The molecule has 0 fully saturated rings. The van der Waals surface area contributed by atoms with Gasteiger partial charge in [0.1, 0.15) is 0 Å². The van der Waals surface area contributed by atoms with Gasteiger partial charge in [-0.05, 0) is 49.6 Å². The summed E-state index contributed by atoms with van der Waals surface area (Å²) in [6, 6.07) is 15.3. The first-order chi connectivity index (χ1) is 12.5. The van der Waals surface area contributed by atoms with Gasteiger partial charge in [0, 0.05) is 18.7 Å². The summed E-state index contributed by atoms with van der Waals surface area (Å²) in [5.74, 6) is -0.132. The Morgan fingerprint density at radius 1 is 1.08 bits per heavy atom. The highest BCUT2D eigenvalue weighted by Crippen LogP contribution is 2.25. The Balaban J connectivity index is 1.80. The highest BCUT2D eigenvalue weighted by molar-refractivity contribution is 7.92. The molecule has 2 aromatic rings. The van der Waals surface area contributed by atoms with Crippen LogP contribution < -0.4 is 9.62 Å². The second-order valence-electron chi connectivity index (χ2n) is 6.31. The van der Waals surface area contributed by atoms with E-state index >= 15 is 0 Å². The number of benzene rings is 2. The molecule has 1 atom stereocenters. The van der Waals surface area contributed by atoms with E-state index in [0.29, 0.717) is 11.4 Å². The fraction of sp³-hybridized carbons (Fsp3) is 0.250. The summed E-state index contributed by atoms with van der Waals surface area (Å²) < 4.78 is 27.0. The summed E-state index contributed by atoms with van der Waals surface area (Å²) in [7, 11) is -2.19. The molecule has 1 unspecified atom stereocenters. The van der Waals surface area contributed by atoms with Gasteiger partial charge in [-0.25, -0.2) is 8.42 Å². The highest BCUT2D eigenvalue weighted by Gasteiger charge is 2.23. The molecule has 0 aromatic heterocycles. The van der Waals surface area contributed by atoms with Crippen LogP contribution in [0, 0.1) is 5.92 Å². The maximum absolute atomic E-state index is 12.9. The first-order valence-corrected chi connectivity index (χ1v) is 10.0. The smallest absolute Gasteiger partial charge is 0.264 e. The van der Waals surface area contributed by atoms with Gasteiger partial charge in [-0.1, -0.05) is 36.4 Å². The van der Waals surface area contributed by atoms with Gasteiger partial charge in [-0.15, -0.1) is 0 Å². The molecule has 5 nitrogen and oxygen atoms in total. The van der Waals surface area contributed by atoms with Crippen LogP contribution in [0.5, 0.6) is 0 Å². The third-order valence-corrected chi connectivity index (χ3v) is 6.30.